The number of benzene rings is 8. The molecule has 3 heteroatoms. The van der Waals surface area contributed by atoms with Crippen LogP contribution in [0.4, 0.5) is 17.1 Å². The molecule has 0 bridgehead atoms. The van der Waals surface area contributed by atoms with Crippen molar-refractivity contribution in [1.82, 2.24) is 0 Å². The Morgan fingerprint density at radius 2 is 1.04 bits per heavy atom. The molecule has 0 saturated heterocycles. The highest BCUT2D eigenvalue weighted by atomic mass is 32.1. The van der Waals surface area contributed by atoms with Crippen molar-refractivity contribution >= 4 is 70.5 Å². The van der Waals surface area contributed by atoms with Crippen LogP contribution in [0.5, 0.6) is 0 Å². The van der Waals surface area contributed by atoms with Crippen LogP contribution >= 0.6 is 11.3 Å². The van der Waals surface area contributed by atoms with Crippen LogP contribution < -0.4 is 4.90 Å². The average molecular weight is 682 g/mol. The van der Waals surface area contributed by atoms with Crippen molar-refractivity contribution in [1.29, 1.82) is 0 Å². The van der Waals surface area contributed by atoms with Crippen molar-refractivity contribution in [3.05, 3.63) is 210 Å². The third kappa shape index (κ3) is 4.06. The lowest BCUT2D eigenvalue weighted by Crippen LogP contribution is -2.29. The van der Waals surface area contributed by atoms with Crippen LogP contribution in [0.1, 0.15) is 22.3 Å². The zero-order valence-electron chi connectivity index (χ0n) is 28.2. The first-order valence-corrected chi connectivity index (χ1v) is 18.6. The monoisotopic (exact) mass is 681 g/mol. The van der Waals surface area contributed by atoms with Crippen LogP contribution in [0.2, 0.25) is 0 Å². The average Bonchev–Trinajstić information content (AvgIpc) is 3.88. The molecule has 0 aliphatic heterocycles. The van der Waals surface area contributed by atoms with E-state index in [0.717, 1.165) is 39.0 Å². The normalized spacial score (nSPS) is 13.2. The molecule has 1 aliphatic rings. The standard InChI is InChI=1S/C49H31NOS/c1-3-16-32(17-4-1)49(39-24-11-7-20-35(39)36-21-8-12-25-40(36)49)33-30-42(47-37-22-9-13-27-43(37)51-44(47)31-33)50(34-18-5-2-6-19-34)41-26-15-29-46-48(41)38-23-10-14-28-45(38)52-46/h1-31H. The van der Waals surface area contributed by atoms with Crippen molar-refractivity contribution in [2.24, 2.45) is 0 Å². The molecule has 0 N–H and O–H groups in total. The molecule has 0 radical (unpaired) electrons. The molecule has 2 nitrogen and oxygen atoms in total. The summed E-state index contributed by atoms with van der Waals surface area (Å²) in [6.45, 7) is 0. The predicted octanol–water partition coefficient (Wildman–Crippen LogP) is 13.8. The van der Waals surface area contributed by atoms with Crippen LogP contribution in [-0.4, -0.2) is 0 Å². The Morgan fingerprint density at radius 3 is 1.81 bits per heavy atom. The molecule has 2 heterocycles. The van der Waals surface area contributed by atoms with E-state index in [9.17, 15) is 0 Å². The summed E-state index contributed by atoms with van der Waals surface area (Å²) in [6.07, 6.45) is 0. The van der Waals surface area contributed by atoms with Gasteiger partial charge >= 0.3 is 0 Å². The van der Waals surface area contributed by atoms with Gasteiger partial charge in [-0.15, -0.1) is 11.3 Å². The zero-order chi connectivity index (χ0) is 34.2. The highest BCUT2D eigenvalue weighted by molar-refractivity contribution is 7.26. The fourth-order valence-corrected chi connectivity index (χ4v) is 9.99. The third-order valence-electron chi connectivity index (χ3n) is 10.9. The Kier molecular flexibility index (Phi) is 6.37. The molecule has 2 aromatic heterocycles. The molecule has 0 amide bonds. The highest BCUT2D eigenvalue weighted by Crippen LogP contribution is 2.58. The number of fused-ring (bicyclic) bond motifs is 9. The second kappa shape index (κ2) is 11.3. The maximum Gasteiger partial charge on any atom is 0.137 e. The molecule has 0 spiro atoms. The van der Waals surface area contributed by atoms with Gasteiger partial charge in [-0.3, -0.25) is 0 Å². The van der Waals surface area contributed by atoms with Crippen LogP contribution in [0.25, 0.3) is 53.2 Å². The van der Waals surface area contributed by atoms with Crippen molar-refractivity contribution in [2.45, 2.75) is 5.41 Å². The zero-order valence-corrected chi connectivity index (χ0v) is 29.0. The smallest absolute Gasteiger partial charge is 0.137 e. The topological polar surface area (TPSA) is 16.4 Å². The minimum absolute atomic E-state index is 0.584. The molecule has 0 atom stereocenters. The van der Waals surface area contributed by atoms with Crippen LogP contribution in [0, 0.1) is 0 Å². The van der Waals surface area contributed by atoms with Crippen LogP contribution in [0.3, 0.4) is 0 Å². The van der Waals surface area contributed by atoms with E-state index >= 15 is 0 Å². The molecular weight excluding hydrogens is 651 g/mol. The maximum atomic E-state index is 6.89. The van der Waals surface area contributed by atoms with Crippen molar-refractivity contribution in [2.75, 3.05) is 4.90 Å². The van der Waals surface area contributed by atoms with Crippen molar-refractivity contribution in [3.8, 4) is 11.1 Å². The quantitative estimate of drug-likeness (QED) is 0.180. The van der Waals surface area contributed by atoms with Gasteiger partial charge < -0.3 is 9.32 Å². The molecule has 10 aromatic rings. The molecule has 52 heavy (non-hydrogen) atoms. The summed E-state index contributed by atoms with van der Waals surface area (Å²) in [5, 5.41) is 4.72. The number of hydrogen-bond acceptors (Lipinski definition) is 3. The third-order valence-corrected chi connectivity index (χ3v) is 12.1. The van der Waals surface area contributed by atoms with Crippen molar-refractivity contribution in [3.63, 3.8) is 0 Å². The minimum Gasteiger partial charge on any atom is -0.456 e. The number of furan rings is 1. The number of hydrogen-bond donors (Lipinski definition) is 0. The van der Waals surface area contributed by atoms with E-state index < -0.39 is 5.41 Å². The van der Waals surface area contributed by atoms with Crippen LogP contribution in [-0.2, 0) is 5.41 Å². The minimum atomic E-state index is -0.584. The van der Waals surface area contributed by atoms with E-state index in [1.54, 1.807) is 0 Å². The summed E-state index contributed by atoms with van der Waals surface area (Å²) < 4.78 is 9.44. The Balaban J connectivity index is 1.32. The number of anilines is 3. The molecular formula is C49H31NOS. The SMILES string of the molecule is c1ccc(N(c2cc(C3(c4ccccc4)c4ccccc4-c4ccccc43)cc3oc4ccccc4c23)c2cccc3sc4ccccc4c23)cc1. The molecule has 11 rings (SSSR count). The maximum absolute atomic E-state index is 6.89. The first-order chi connectivity index (χ1) is 25.8. The Bertz CT molecular complexity index is 2930. The second-order valence-electron chi connectivity index (χ2n) is 13.6. The molecule has 244 valence electrons. The van der Waals surface area contributed by atoms with Gasteiger partial charge in [-0.05, 0) is 81.9 Å². The summed E-state index contributed by atoms with van der Waals surface area (Å²) in [5.41, 5.74) is 12.0. The van der Waals surface area contributed by atoms with E-state index in [-0.39, 0.29) is 0 Å². The van der Waals surface area contributed by atoms with E-state index in [1.165, 1.54) is 53.6 Å². The Hall–Kier alpha value is -6.42. The Labute approximate surface area is 305 Å². The molecule has 0 saturated carbocycles. The number of rotatable bonds is 5. The van der Waals surface area contributed by atoms with Gasteiger partial charge in [0.2, 0.25) is 0 Å². The van der Waals surface area contributed by atoms with E-state index in [0.29, 0.717) is 0 Å². The van der Waals surface area contributed by atoms with Gasteiger partial charge in [-0.2, -0.15) is 0 Å². The summed E-state index contributed by atoms with van der Waals surface area (Å²) in [4.78, 5) is 2.47. The van der Waals surface area contributed by atoms with Gasteiger partial charge in [0, 0.05) is 31.2 Å². The van der Waals surface area contributed by atoms with Gasteiger partial charge in [0.1, 0.15) is 11.2 Å². The summed E-state index contributed by atoms with van der Waals surface area (Å²) in [7, 11) is 0. The summed E-state index contributed by atoms with van der Waals surface area (Å²) in [5.74, 6) is 0. The largest absolute Gasteiger partial charge is 0.456 e. The summed E-state index contributed by atoms with van der Waals surface area (Å²) >= 11 is 1.85. The first kappa shape index (κ1) is 29.3. The van der Waals surface area contributed by atoms with Gasteiger partial charge in [-0.25, -0.2) is 0 Å². The van der Waals surface area contributed by atoms with E-state index in [1.807, 2.05) is 11.3 Å². The van der Waals surface area contributed by atoms with Gasteiger partial charge in [0.15, 0.2) is 0 Å². The molecule has 0 fully saturated rings. The number of thiophene rings is 1. The fourth-order valence-electron chi connectivity index (χ4n) is 8.86. The first-order valence-electron chi connectivity index (χ1n) is 17.8. The number of para-hydroxylation sites is 2. The second-order valence-corrected chi connectivity index (χ2v) is 14.7. The molecule has 0 unspecified atom stereocenters. The van der Waals surface area contributed by atoms with Crippen molar-refractivity contribution < 1.29 is 4.42 Å². The van der Waals surface area contributed by atoms with E-state index in [2.05, 4.69) is 193 Å². The fraction of sp³-hybridized carbons (Fsp3) is 0.0204. The Morgan fingerprint density at radius 1 is 0.423 bits per heavy atom. The number of nitrogens with zero attached hydrogens (tertiary/aromatic N) is 1. The van der Waals surface area contributed by atoms with Crippen LogP contribution in [0.15, 0.2) is 192 Å². The molecule has 1 aliphatic carbocycles. The molecule has 8 aromatic carbocycles. The lowest BCUT2D eigenvalue weighted by Gasteiger charge is -2.35. The summed E-state index contributed by atoms with van der Waals surface area (Å²) in [6, 6.07) is 68.5. The highest BCUT2D eigenvalue weighted by Gasteiger charge is 2.46. The van der Waals surface area contributed by atoms with Gasteiger partial charge in [-0.1, -0.05) is 140 Å². The lowest BCUT2D eigenvalue weighted by atomic mass is 9.67. The predicted molar refractivity (Wildman–Crippen MR) is 219 cm³/mol. The van der Waals surface area contributed by atoms with Gasteiger partial charge in [0.05, 0.1) is 22.2 Å². The lowest BCUT2D eigenvalue weighted by molar-refractivity contribution is 0.665. The van der Waals surface area contributed by atoms with Gasteiger partial charge in [0.25, 0.3) is 0 Å². The van der Waals surface area contributed by atoms with E-state index in [4.69, 9.17) is 4.42 Å².